The van der Waals surface area contributed by atoms with Crippen molar-refractivity contribution in [2.75, 3.05) is 0 Å². The Kier molecular flexibility index (Phi) is 1.28. The molecule has 0 radical (unpaired) electrons. The average molecular weight is 144 g/mol. The van der Waals surface area contributed by atoms with Gasteiger partial charge in [0.25, 0.3) is 0 Å². The second-order valence-electron chi connectivity index (χ2n) is 2.24. The molecule has 2 aromatic heterocycles. The van der Waals surface area contributed by atoms with Crippen molar-refractivity contribution in [1.82, 2.24) is 19.9 Å². The molecule has 4 nitrogen and oxygen atoms in total. The van der Waals surface area contributed by atoms with E-state index in [1.807, 2.05) is 7.85 Å². The van der Waals surface area contributed by atoms with Crippen molar-refractivity contribution in [2.45, 2.75) is 0 Å². The molecule has 0 atom stereocenters. The van der Waals surface area contributed by atoms with Crippen LogP contribution in [-0.4, -0.2) is 27.8 Å². The van der Waals surface area contributed by atoms with E-state index in [1.54, 1.807) is 12.4 Å². The molecule has 2 heterocycles. The Labute approximate surface area is 64.1 Å². The zero-order chi connectivity index (χ0) is 7.68. The molecule has 0 spiro atoms. The molecule has 0 unspecified atom stereocenters. The number of nitrogens with zero attached hydrogens (tertiary/aromatic N) is 4. The molecule has 2 aromatic rings. The first-order valence-electron chi connectivity index (χ1n) is 3.25. The largest absolute Gasteiger partial charge is 0.250 e. The van der Waals surface area contributed by atoms with Gasteiger partial charge in [-0.3, -0.25) is 4.98 Å². The standard InChI is InChI=1S/C6H5BN4/c7-5-2-9-4-1-8-3-10-6(4)11-5/h1-3H,7H2. The van der Waals surface area contributed by atoms with Crippen molar-refractivity contribution < 1.29 is 0 Å². The van der Waals surface area contributed by atoms with Gasteiger partial charge in [-0.15, -0.1) is 0 Å². The van der Waals surface area contributed by atoms with Gasteiger partial charge in [0.05, 0.1) is 6.20 Å². The fourth-order valence-electron chi connectivity index (χ4n) is 0.852. The van der Waals surface area contributed by atoms with Gasteiger partial charge in [0.1, 0.15) is 11.8 Å². The highest BCUT2D eigenvalue weighted by atomic mass is 14.9. The van der Waals surface area contributed by atoms with Gasteiger partial charge in [-0.2, -0.15) is 0 Å². The van der Waals surface area contributed by atoms with E-state index in [0.29, 0.717) is 5.65 Å². The van der Waals surface area contributed by atoms with Crippen LogP contribution in [0.2, 0.25) is 0 Å². The maximum absolute atomic E-state index is 4.16. The first-order chi connectivity index (χ1) is 5.36. The lowest BCUT2D eigenvalue weighted by atomic mass is 10.1. The van der Waals surface area contributed by atoms with E-state index in [0.717, 1.165) is 11.1 Å². The highest BCUT2D eigenvalue weighted by Gasteiger charge is 1.94. The van der Waals surface area contributed by atoms with Gasteiger partial charge in [-0.1, -0.05) is 0 Å². The van der Waals surface area contributed by atoms with Crippen molar-refractivity contribution in [2.24, 2.45) is 0 Å². The molecule has 52 valence electrons. The topological polar surface area (TPSA) is 51.6 Å². The Morgan fingerprint density at radius 3 is 3.00 bits per heavy atom. The third kappa shape index (κ3) is 1.04. The molecule has 0 aromatic carbocycles. The van der Waals surface area contributed by atoms with Crippen LogP contribution in [0.1, 0.15) is 0 Å². The molecule has 0 aliphatic heterocycles. The molecule has 0 amide bonds. The smallest absolute Gasteiger partial charge is 0.180 e. The third-order valence-corrected chi connectivity index (χ3v) is 1.35. The highest BCUT2D eigenvalue weighted by Crippen LogP contribution is 1.97. The van der Waals surface area contributed by atoms with Gasteiger partial charge in [0.2, 0.25) is 0 Å². The molecule has 0 aliphatic rings. The molecule has 0 fully saturated rings. The molecular formula is C6H5BN4. The predicted octanol–water partition coefficient (Wildman–Crippen LogP) is -1.32. The minimum atomic E-state index is 0.653. The van der Waals surface area contributed by atoms with Crippen molar-refractivity contribution in [1.29, 1.82) is 0 Å². The first kappa shape index (κ1) is 6.21. The van der Waals surface area contributed by atoms with Crippen LogP contribution in [0.15, 0.2) is 18.7 Å². The van der Waals surface area contributed by atoms with Crippen molar-refractivity contribution >= 4 is 24.6 Å². The number of hydrogen-bond donors (Lipinski definition) is 0. The van der Waals surface area contributed by atoms with E-state index in [2.05, 4.69) is 19.9 Å². The summed E-state index contributed by atoms with van der Waals surface area (Å²) in [5.41, 5.74) is 2.26. The molecule has 0 bridgehead atoms. The Balaban J connectivity index is 2.83. The summed E-state index contributed by atoms with van der Waals surface area (Å²) in [7, 11) is 1.88. The van der Waals surface area contributed by atoms with Crippen LogP contribution < -0.4 is 5.59 Å². The predicted molar refractivity (Wildman–Crippen MR) is 43.3 cm³/mol. The Hall–Kier alpha value is -1.52. The summed E-state index contributed by atoms with van der Waals surface area (Å²) in [5, 5.41) is 0. The molecule has 2 rings (SSSR count). The van der Waals surface area contributed by atoms with Crippen LogP contribution in [0.5, 0.6) is 0 Å². The minimum Gasteiger partial charge on any atom is -0.250 e. The van der Waals surface area contributed by atoms with Crippen LogP contribution in [0, 0.1) is 0 Å². The maximum Gasteiger partial charge on any atom is 0.180 e. The lowest BCUT2D eigenvalue weighted by Gasteiger charge is -1.93. The highest BCUT2D eigenvalue weighted by molar-refractivity contribution is 6.30. The van der Waals surface area contributed by atoms with E-state index >= 15 is 0 Å². The van der Waals surface area contributed by atoms with E-state index in [1.165, 1.54) is 6.33 Å². The van der Waals surface area contributed by atoms with Gasteiger partial charge in [-0.05, 0) is 0 Å². The summed E-state index contributed by atoms with van der Waals surface area (Å²) in [6.45, 7) is 0. The molecule has 0 saturated carbocycles. The molecule has 5 heteroatoms. The van der Waals surface area contributed by atoms with Crippen LogP contribution in [0.3, 0.4) is 0 Å². The van der Waals surface area contributed by atoms with E-state index < -0.39 is 0 Å². The fraction of sp³-hybridized carbons (Fsp3) is 0. The van der Waals surface area contributed by atoms with E-state index in [-0.39, 0.29) is 0 Å². The van der Waals surface area contributed by atoms with Gasteiger partial charge in [0, 0.05) is 11.8 Å². The van der Waals surface area contributed by atoms with Crippen LogP contribution >= 0.6 is 0 Å². The van der Waals surface area contributed by atoms with E-state index in [4.69, 9.17) is 0 Å². The Morgan fingerprint density at radius 1 is 1.18 bits per heavy atom. The zero-order valence-electron chi connectivity index (χ0n) is 6.02. The monoisotopic (exact) mass is 144 g/mol. The van der Waals surface area contributed by atoms with Crippen molar-refractivity contribution in [3.8, 4) is 0 Å². The molecular weight excluding hydrogens is 139 g/mol. The molecule has 0 saturated heterocycles. The fourth-order valence-corrected chi connectivity index (χ4v) is 0.852. The van der Waals surface area contributed by atoms with Gasteiger partial charge in [0.15, 0.2) is 13.5 Å². The van der Waals surface area contributed by atoms with Crippen LogP contribution in [0.25, 0.3) is 11.2 Å². The summed E-state index contributed by atoms with van der Waals surface area (Å²) < 4.78 is 0. The SMILES string of the molecule is Bc1cnc2cncnc2n1. The second kappa shape index (κ2) is 2.27. The van der Waals surface area contributed by atoms with Gasteiger partial charge in [-0.25, -0.2) is 15.0 Å². The summed E-state index contributed by atoms with van der Waals surface area (Å²) in [4.78, 5) is 16.0. The first-order valence-corrected chi connectivity index (χ1v) is 3.25. The molecule has 0 N–H and O–H groups in total. The molecule has 0 aliphatic carbocycles. The lowest BCUT2D eigenvalue weighted by Crippen LogP contribution is -2.09. The number of rotatable bonds is 0. The quantitative estimate of drug-likeness (QED) is 0.430. The van der Waals surface area contributed by atoms with Gasteiger partial charge >= 0.3 is 0 Å². The Morgan fingerprint density at radius 2 is 2.09 bits per heavy atom. The summed E-state index contributed by atoms with van der Waals surface area (Å²) in [6.07, 6.45) is 4.82. The number of aromatic nitrogens is 4. The van der Waals surface area contributed by atoms with E-state index in [9.17, 15) is 0 Å². The number of hydrogen-bond acceptors (Lipinski definition) is 4. The van der Waals surface area contributed by atoms with Crippen molar-refractivity contribution in [3.63, 3.8) is 0 Å². The zero-order valence-corrected chi connectivity index (χ0v) is 6.02. The normalized spacial score (nSPS) is 10.2. The summed E-state index contributed by atoms with van der Waals surface area (Å²) >= 11 is 0. The minimum absolute atomic E-state index is 0.653. The number of fused-ring (bicyclic) bond motifs is 1. The van der Waals surface area contributed by atoms with Crippen LogP contribution in [0.4, 0.5) is 0 Å². The van der Waals surface area contributed by atoms with Crippen LogP contribution in [-0.2, 0) is 0 Å². The lowest BCUT2D eigenvalue weighted by molar-refractivity contribution is 1.16. The molecule has 11 heavy (non-hydrogen) atoms. The van der Waals surface area contributed by atoms with Crippen molar-refractivity contribution in [3.05, 3.63) is 18.7 Å². The van der Waals surface area contributed by atoms with Gasteiger partial charge < -0.3 is 0 Å². The summed E-state index contributed by atoms with van der Waals surface area (Å²) in [5.74, 6) is 0. The third-order valence-electron chi connectivity index (χ3n) is 1.35. The summed E-state index contributed by atoms with van der Waals surface area (Å²) in [6, 6.07) is 0. The second-order valence-corrected chi connectivity index (χ2v) is 2.24. The Bertz CT molecular complexity index is 389. The average Bonchev–Trinajstić information content (AvgIpc) is 2.04. The maximum atomic E-state index is 4.16.